The molecule has 0 radical (unpaired) electrons. The first kappa shape index (κ1) is 15.8. The summed E-state index contributed by atoms with van der Waals surface area (Å²) in [6.45, 7) is 8.67. The van der Waals surface area contributed by atoms with Crippen LogP contribution >= 0.6 is 0 Å². The molecule has 4 nitrogen and oxygen atoms in total. The molecule has 2 rings (SSSR count). The summed E-state index contributed by atoms with van der Waals surface area (Å²) in [4.78, 5) is 14.9. The van der Waals surface area contributed by atoms with Gasteiger partial charge in [-0.15, -0.1) is 0 Å². The number of hydrogen-bond donors (Lipinski definition) is 1. The summed E-state index contributed by atoms with van der Waals surface area (Å²) in [5.41, 5.74) is 0. The van der Waals surface area contributed by atoms with Crippen LogP contribution in [0.3, 0.4) is 0 Å². The molecular weight excluding hydrogens is 252 g/mol. The third-order valence-corrected chi connectivity index (χ3v) is 4.67. The largest absolute Gasteiger partial charge is 0.379 e. The van der Waals surface area contributed by atoms with Gasteiger partial charge in [0, 0.05) is 7.11 Å². The molecule has 4 heteroatoms. The number of carbonyl (C=O) groups is 1. The van der Waals surface area contributed by atoms with E-state index in [1.807, 2.05) is 0 Å². The van der Waals surface area contributed by atoms with Gasteiger partial charge in [-0.1, -0.05) is 27.7 Å². The van der Waals surface area contributed by atoms with E-state index in [0.29, 0.717) is 11.8 Å². The van der Waals surface area contributed by atoms with Crippen molar-refractivity contribution < 1.29 is 9.53 Å². The van der Waals surface area contributed by atoms with Crippen molar-refractivity contribution in [3.05, 3.63) is 0 Å². The standard InChI is InChI=1S/C16H30N2O2/c1-10(2)9-14-17-15(11(3)4)16(19)18(14)12-7-6-8-13(12)20-5/h10-15,17H,6-9H2,1-5H3. The minimum Gasteiger partial charge on any atom is -0.379 e. The fourth-order valence-electron chi connectivity index (χ4n) is 3.67. The van der Waals surface area contributed by atoms with Gasteiger partial charge in [0.05, 0.1) is 24.4 Å². The molecule has 0 aromatic carbocycles. The van der Waals surface area contributed by atoms with Crippen LogP contribution in [0.25, 0.3) is 0 Å². The normalized spacial score (nSPS) is 34.8. The van der Waals surface area contributed by atoms with E-state index >= 15 is 0 Å². The molecule has 2 aliphatic rings. The Morgan fingerprint density at radius 2 is 2.00 bits per heavy atom. The molecule has 1 heterocycles. The summed E-state index contributed by atoms with van der Waals surface area (Å²) >= 11 is 0. The second-order valence-electron chi connectivity index (χ2n) is 7.05. The van der Waals surface area contributed by atoms with E-state index in [1.54, 1.807) is 7.11 Å². The van der Waals surface area contributed by atoms with Crippen molar-refractivity contribution in [2.45, 2.75) is 77.7 Å². The summed E-state index contributed by atoms with van der Waals surface area (Å²) in [6.07, 6.45) is 4.71. The van der Waals surface area contributed by atoms with E-state index in [-0.39, 0.29) is 30.3 Å². The molecule has 0 spiro atoms. The summed E-state index contributed by atoms with van der Waals surface area (Å²) in [5, 5.41) is 3.56. The topological polar surface area (TPSA) is 41.6 Å². The first-order chi connectivity index (χ1) is 9.45. The lowest BCUT2D eigenvalue weighted by molar-refractivity contribution is -0.135. The van der Waals surface area contributed by atoms with Gasteiger partial charge in [0.2, 0.25) is 5.91 Å². The minimum atomic E-state index is -0.0307. The first-order valence-corrected chi connectivity index (χ1v) is 8.06. The second-order valence-corrected chi connectivity index (χ2v) is 7.05. The van der Waals surface area contributed by atoms with Crippen LogP contribution in [0, 0.1) is 11.8 Å². The van der Waals surface area contributed by atoms with Gasteiger partial charge in [0.15, 0.2) is 0 Å². The van der Waals surface area contributed by atoms with Crippen molar-refractivity contribution in [3.8, 4) is 0 Å². The Bertz CT molecular complexity index is 343. The molecule has 1 saturated heterocycles. The number of methoxy groups -OCH3 is 1. The van der Waals surface area contributed by atoms with E-state index in [0.717, 1.165) is 25.7 Å². The quantitative estimate of drug-likeness (QED) is 0.842. The van der Waals surface area contributed by atoms with Crippen LogP contribution in [0.5, 0.6) is 0 Å². The molecule has 0 bridgehead atoms. The molecule has 1 amide bonds. The maximum absolute atomic E-state index is 12.8. The fraction of sp³-hybridized carbons (Fsp3) is 0.938. The average Bonchev–Trinajstić information content (AvgIpc) is 2.92. The number of hydrogen-bond acceptors (Lipinski definition) is 3. The highest BCUT2D eigenvalue weighted by molar-refractivity contribution is 5.85. The maximum Gasteiger partial charge on any atom is 0.241 e. The zero-order valence-corrected chi connectivity index (χ0v) is 13.6. The van der Waals surface area contributed by atoms with Crippen molar-refractivity contribution in [2.24, 2.45) is 11.8 Å². The number of rotatable bonds is 5. The smallest absolute Gasteiger partial charge is 0.241 e. The van der Waals surface area contributed by atoms with Crippen molar-refractivity contribution in [2.75, 3.05) is 7.11 Å². The van der Waals surface area contributed by atoms with Crippen LogP contribution in [-0.4, -0.2) is 42.3 Å². The van der Waals surface area contributed by atoms with Gasteiger partial charge in [0.25, 0.3) is 0 Å². The predicted octanol–water partition coefficient (Wildman–Crippen LogP) is 2.38. The Balaban J connectivity index is 2.18. The van der Waals surface area contributed by atoms with Gasteiger partial charge < -0.3 is 9.64 Å². The first-order valence-electron chi connectivity index (χ1n) is 8.06. The highest BCUT2D eigenvalue weighted by Crippen LogP contribution is 2.32. The maximum atomic E-state index is 12.8. The third-order valence-electron chi connectivity index (χ3n) is 4.67. The Morgan fingerprint density at radius 1 is 1.30 bits per heavy atom. The second kappa shape index (κ2) is 6.44. The Hall–Kier alpha value is -0.610. The Labute approximate surface area is 123 Å². The van der Waals surface area contributed by atoms with E-state index in [1.165, 1.54) is 0 Å². The molecule has 1 saturated carbocycles. The fourth-order valence-corrected chi connectivity index (χ4v) is 3.67. The summed E-state index contributed by atoms with van der Waals surface area (Å²) in [5.74, 6) is 1.19. The molecule has 1 N–H and O–H groups in total. The van der Waals surface area contributed by atoms with E-state index < -0.39 is 0 Å². The average molecular weight is 282 g/mol. The van der Waals surface area contributed by atoms with Gasteiger partial charge in [-0.05, 0) is 37.5 Å². The number of nitrogens with one attached hydrogen (secondary N) is 1. The minimum absolute atomic E-state index is 0.0307. The summed E-state index contributed by atoms with van der Waals surface area (Å²) in [7, 11) is 1.77. The van der Waals surface area contributed by atoms with Gasteiger partial charge in [0.1, 0.15) is 0 Å². The van der Waals surface area contributed by atoms with E-state index in [4.69, 9.17) is 4.74 Å². The SMILES string of the molecule is COC1CCCC1N1C(=O)C(C(C)C)NC1CC(C)C. The third kappa shape index (κ3) is 3.01. The van der Waals surface area contributed by atoms with Crippen molar-refractivity contribution >= 4 is 5.91 Å². The van der Waals surface area contributed by atoms with Crippen molar-refractivity contribution in [1.82, 2.24) is 10.2 Å². The van der Waals surface area contributed by atoms with Crippen LogP contribution in [0.2, 0.25) is 0 Å². The predicted molar refractivity (Wildman–Crippen MR) is 80.3 cm³/mol. The lowest BCUT2D eigenvalue weighted by Crippen LogP contribution is -2.49. The van der Waals surface area contributed by atoms with Crippen LogP contribution < -0.4 is 5.32 Å². The molecule has 1 aliphatic carbocycles. The van der Waals surface area contributed by atoms with Gasteiger partial charge in [-0.2, -0.15) is 0 Å². The number of ether oxygens (including phenoxy) is 1. The Kier molecular flexibility index (Phi) is 5.08. The van der Waals surface area contributed by atoms with E-state index in [2.05, 4.69) is 37.9 Å². The van der Waals surface area contributed by atoms with Gasteiger partial charge in [-0.3, -0.25) is 10.1 Å². The van der Waals surface area contributed by atoms with Crippen LogP contribution in [0.15, 0.2) is 0 Å². The molecule has 2 fully saturated rings. The zero-order chi connectivity index (χ0) is 14.9. The summed E-state index contributed by atoms with van der Waals surface area (Å²) < 4.78 is 5.61. The number of amides is 1. The lowest BCUT2D eigenvalue weighted by Gasteiger charge is -2.34. The van der Waals surface area contributed by atoms with E-state index in [9.17, 15) is 4.79 Å². The highest BCUT2D eigenvalue weighted by atomic mass is 16.5. The molecule has 20 heavy (non-hydrogen) atoms. The zero-order valence-electron chi connectivity index (χ0n) is 13.6. The monoisotopic (exact) mass is 282 g/mol. The highest BCUT2D eigenvalue weighted by Gasteiger charge is 2.46. The van der Waals surface area contributed by atoms with Crippen LogP contribution in [0.4, 0.5) is 0 Å². The number of nitrogens with zero attached hydrogens (tertiary/aromatic N) is 1. The molecule has 116 valence electrons. The molecular formula is C16H30N2O2. The molecule has 0 aromatic heterocycles. The van der Waals surface area contributed by atoms with Crippen molar-refractivity contribution in [1.29, 1.82) is 0 Å². The molecule has 0 aromatic rings. The number of carbonyl (C=O) groups excluding carboxylic acids is 1. The molecule has 4 unspecified atom stereocenters. The Morgan fingerprint density at radius 3 is 2.55 bits per heavy atom. The van der Waals surface area contributed by atoms with Crippen LogP contribution in [0.1, 0.15) is 53.4 Å². The lowest BCUT2D eigenvalue weighted by atomic mass is 10.0. The van der Waals surface area contributed by atoms with Gasteiger partial charge in [-0.25, -0.2) is 0 Å². The molecule has 1 aliphatic heterocycles. The van der Waals surface area contributed by atoms with Crippen molar-refractivity contribution in [3.63, 3.8) is 0 Å². The molecule has 4 atom stereocenters. The summed E-state index contributed by atoms with van der Waals surface area (Å²) in [6, 6.07) is 0.226. The van der Waals surface area contributed by atoms with Crippen LogP contribution in [-0.2, 0) is 9.53 Å². The van der Waals surface area contributed by atoms with Gasteiger partial charge >= 0.3 is 0 Å².